The Hall–Kier alpha value is -1.62. The van der Waals surface area contributed by atoms with Crippen LogP contribution in [0.15, 0.2) is 22.2 Å². The molecule has 3 heterocycles. The number of hydrogen-bond acceptors (Lipinski definition) is 4. The number of thiophene rings is 1. The highest BCUT2D eigenvalue weighted by molar-refractivity contribution is 7.12. The van der Waals surface area contributed by atoms with Crippen molar-refractivity contribution in [3.05, 3.63) is 39.4 Å². The van der Waals surface area contributed by atoms with E-state index in [-0.39, 0.29) is 5.91 Å². The van der Waals surface area contributed by atoms with Crippen molar-refractivity contribution in [2.45, 2.75) is 19.9 Å². The number of carbonyl (C=O) groups is 1. The number of hydrogen-bond donors (Lipinski definition) is 0. The summed E-state index contributed by atoms with van der Waals surface area (Å²) in [5.41, 5.74) is 2.17. The zero-order chi connectivity index (χ0) is 11.8. The molecular weight excluding hydrogens is 236 g/mol. The molecule has 1 amide bonds. The lowest BCUT2D eigenvalue weighted by Gasteiger charge is -2.25. The summed E-state index contributed by atoms with van der Waals surface area (Å²) in [6.07, 6.45) is 2.46. The monoisotopic (exact) mass is 248 g/mol. The van der Waals surface area contributed by atoms with E-state index in [9.17, 15) is 4.79 Å². The first-order chi connectivity index (χ1) is 8.24. The van der Waals surface area contributed by atoms with Gasteiger partial charge in [-0.3, -0.25) is 4.79 Å². The molecule has 0 spiro atoms. The topological polar surface area (TPSA) is 46.3 Å². The lowest BCUT2D eigenvalue weighted by molar-refractivity contribution is 0.0734. The van der Waals surface area contributed by atoms with E-state index in [1.807, 2.05) is 23.3 Å². The molecule has 5 heteroatoms. The third-order valence-electron chi connectivity index (χ3n) is 2.93. The molecule has 4 nitrogen and oxygen atoms in total. The molecule has 88 valence electrons. The van der Waals surface area contributed by atoms with Gasteiger partial charge in [-0.1, -0.05) is 5.16 Å². The Kier molecular flexibility index (Phi) is 2.48. The maximum absolute atomic E-state index is 12.2. The first kappa shape index (κ1) is 10.5. The number of amides is 1. The van der Waals surface area contributed by atoms with Crippen LogP contribution in [0.3, 0.4) is 0 Å². The molecule has 17 heavy (non-hydrogen) atoms. The molecule has 0 aromatic carbocycles. The van der Waals surface area contributed by atoms with Crippen LogP contribution in [0.2, 0.25) is 0 Å². The highest BCUT2D eigenvalue weighted by atomic mass is 32.1. The molecular formula is C12H12N2O2S. The SMILES string of the molecule is Cc1csc(C(=O)N2CCc3oncc3C2)c1. The van der Waals surface area contributed by atoms with Crippen LogP contribution in [0.5, 0.6) is 0 Å². The minimum Gasteiger partial charge on any atom is -0.361 e. The van der Waals surface area contributed by atoms with Gasteiger partial charge in [0.15, 0.2) is 0 Å². The van der Waals surface area contributed by atoms with E-state index in [2.05, 4.69) is 5.16 Å². The fraction of sp³-hybridized carbons (Fsp3) is 0.333. The predicted molar refractivity (Wildman–Crippen MR) is 64.0 cm³/mol. The molecule has 0 bridgehead atoms. The highest BCUT2D eigenvalue weighted by Gasteiger charge is 2.24. The molecule has 2 aromatic heterocycles. The van der Waals surface area contributed by atoms with Crippen LogP contribution in [0.25, 0.3) is 0 Å². The average Bonchev–Trinajstić information content (AvgIpc) is 2.95. The summed E-state index contributed by atoms with van der Waals surface area (Å²) in [6, 6.07) is 1.94. The van der Waals surface area contributed by atoms with Gasteiger partial charge in [-0.2, -0.15) is 0 Å². The van der Waals surface area contributed by atoms with Crippen LogP contribution in [0.4, 0.5) is 0 Å². The summed E-state index contributed by atoms with van der Waals surface area (Å²) in [6.45, 7) is 3.31. The number of aryl methyl sites for hydroxylation is 1. The number of aromatic nitrogens is 1. The minimum atomic E-state index is 0.106. The molecule has 0 atom stereocenters. The quantitative estimate of drug-likeness (QED) is 0.777. The summed E-state index contributed by atoms with van der Waals surface area (Å²) < 4.78 is 5.11. The fourth-order valence-electron chi connectivity index (χ4n) is 2.01. The van der Waals surface area contributed by atoms with Crippen molar-refractivity contribution in [3.8, 4) is 0 Å². The molecule has 2 aromatic rings. The van der Waals surface area contributed by atoms with Crippen molar-refractivity contribution in [1.29, 1.82) is 0 Å². The van der Waals surface area contributed by atoms with Gasteiger partial charge in [-0.05, 0) is 23.9 Å². The number of rotatable bonds is 1. The van der Waals surface area contributed by atoms with Gasteiger partial charge < -0.3 is 9.42 Å². The maximum atomic E-state index is 12.2. The van der Waals surface area contributed by atoms with Crippen molar-refractivity contribution in [1.82, 2.24) is 10.1 Å². The van der Waals surface area contributed by atoms with E-state index in [0.717, 1.165) is 28.2 Å². The minimum absolute atomic E-state index is 0.106. The zero-order valence-corrected chi connectivity index (χ0v) is 10.3. The van der Waals surface area contributed by atoms with Gasteiger partial charge in [0, 0.05) is 18.5 Å². The number of nitrogens with zero attached hydrogens (tertiary/aromatic N) is 2. The van der Waals surface area contributed by atoms with Crippen LogP contribution in [-0.4, -0.2) is 22.5 Å². The first-order valence-corrected chi connectivity index (χ1v) is 6.39. The van der Waals surface area contributed by atoms with Gasteiger partial charge in [0.25, 0.3) is 5.91 Å². The Labute approximate surface area is 103 Å². The van der Waals surface area contributed by atoms with Crippen LogP contribution in [0, 0.1) is 6.92 Å². The largest absolute Gasteiger partial charge is 0.361 e. The summed E-state index contributed by atoms with van der Waals surface area (Å²) >= 11 is 1.50. The number of fused-ring (bicyclic) bond motifs is 1. The van der Waals surface area contributed by atoms with Crippen molar-refractivity contribution in [2.75, 3.05) is 6.54 Å². The van der Waals surface area contributed by atoms with Gasteiger partial charge in [0.05, 0.1) is 17.6 Å². The lowest BCUT2D eigenvalue weighted by atomic mass is 10.1. The van der Waals surface area contributed by atoms with Crippen LogP contribution in [-0.2, 0) is 13.0 Å². The smallest absolute Gasteiger partial charge is 0.264 e. The molecule has 0 fully saturated rings. The lowest BCUT2D eigenvalue weighted by Crippen LogP contribution is -2.35. The third kappa shape index (κ3) is 1.86. The first-order valence-electron chi connectivity index (χ1n) is 5.51. The Morgan fingerprint density at radius 2 is 2.47 bits per heavy atom. The van der Waals surface area contributed by atoms with Crippen LogP contribution in [0.1, 0.15) is 26.6 Å². The molecule has 1 aliphatic heterocycles. The molecule has 3 rings (SSSR count). The molecule has 0 saturated heterocycles. The summed E-state index contributed by atoms with van der Waals surface area (Å²) in [5.74, 6) is 1.02. The van der Waals surface area contributed by atoms with Crippen LogP contribution < -0.4 is 0 Å². The molecule has 0 radical (unpaired) electrons. The Bertz CT molecular complexity index is 558. The van der Waals surface area contributed by atoms with E-state index >= 15 is 0 Å². The van der Waals surface area contributed by atoms with Gasteiger partial charge in [-0.15, -0.1) is 11.3 Å². The van der Waals surface area contributed by atoms with Gasteiger partial charge in [0.2, 0.25) is 0 Å². The molecule has 1 aliphatic rings. The molecule has 0 unspecified atom stereocenters. The third-order valence-corrected chi connectivity index (χ3v) is 3.96. The highest BCUT2D eigenvalue weighted by Crippen LogP contribution is 2.22. The zero-order valence-electron chi connectivity index (χ0n) is 9.47. The predicted octanol–water partition coefficient (Wildman–Crippen LogP) is 2.24. The average molecular weight is 248 g/mol. The van der Waals surface area contributed by atoms with Crippen molar-refractivity contribution in [3.63, 3.8) is 0 Å². The number of carbonyl (C=O) groups excluding carboxylic acids is 1. The van der Waals surface area contributed by atoms with Crippen LogP contribution >= 0.6 is 11.3 Å². The van der Waals surface area contributed by atoms with E-state index in [0.29, 0.717) is 13.1 Å². The van der Waals surface area contributed by atoms with Crippen molar-refractivity contribution >= 4 is 17.2 Å². The Morgan fingerprint density at radius 1 is 1.59 bits per heavy atom. The maximum Gasteiger partial charge on any atom is 0.264 e. The van der Waals surface area contributed by atoms with Gasteiger partial charge in [0.1, 0.15) is 5.76 Å². The second kappa shape index (κ2) is 4.00. The van der Waals surface area contributed by atoms with Crippen molar-refractivity contribution in [2.24, 2.45) is 0 Å². The van der Waals surface area contributed by atoms with E-state index in [1.54, 1.807) is 6.20 Å². The van der Waals surface area contributed by atoms with E-state index in [1.165, 1.54) is 11.3 Å². The Morgan fingerprint density at radius 3 is 3.24 bits per heavy atom. The summed E-state index contributed by atoms with van der Waals surface area (Å²) in [7, 11) is 0. The molecule has 0 N–H and O–H groups in total. The summed E-state index contributed by atoms with van der Waals surface area (Å²) in [4.78, 5) is 14.9. The second-order valence-electron chi connectivity index (χ2n) is 4.24. The molecule has 0 aliphatic carbocycles. The molecule has 0 saturated carbocycles. The normalized spacial score (nSPS) is 14.8. The summed E-state index contributed by atoms with van der Waals surface area (Å²) in [5, 5.41) is 5.77. The van der Waals surface area contributed by atoms with Crippen molar-refractivity contribution < 1.29 is 9.32 Å². The van der Waals surface area contributed by atoms with E-state index in [4.69, 9.17) is 4.52 Å². The second-order valence-corrected chi connectivity index (χ2v) is 5.15. The standard InChI is InChI=1S/C12H12N2O2S/c1-8-4-11(17-7-8)12(15)14-3-2-10-9(6-14)5-13-16-10/h4-5,7H,2-3,6H2,1H3. The van der Waals surface area contributed by atoms with Gasteiger partial charge >= 0.3 is 0 Å². The fourth-order valence-corrected chi connectivity index (χ4v) is 2.88. The van der Waals surface area contributed by atoms with E-state index < -0.39 is 0 Å². The van der Waals surface area contributed by atoms with Gasteiger partial charge in [-0.25, -0.2) is 0 Å². The Balaban J connectivity index is 1.81.